The summed E-state index contributed by atoms with van der Waals surface area (Å²) in [6.45, 7) is 0. The summed E-state index contributed by atoms with van der Waals surface area (Å²) in [6.07, 6.45) is 0. The molecule has 0 saturated heterocycles. The van der Waals surface area contributed by atoms with E-state index in [1.54, 1.807) is 6.07 Å². The molecule has 108 valence electrons. The standard InChI is InChI=1S/C14H11F2N3OS/c15-8-5-6-11(9(7-8)13(17)21)18-14(20)19-12-4-2-1-3-10(12)16/h1-7H,(H2,17,21)(H2,18,19,20). The summed E-state index contributed by atoms with van der Waals surface area (Å²) in [5.41, 5.74) is 5.91. The maximum atomic E-state index is 13.4. The lowest BCUT2D eigenvalue weighted by Gasteiger charge is -2.11. The summed E-state index contributed by atoms with van der Waals surface area (Å²) < 4.78 is 26.6. The normalized spacial score (nSPS) is 10.0. The zero-order chi connectivity index (χ0) is 15.4. The minimum Gasteiger partial charge on any atom is -0.389 e. The average molecular weight is 307 g/mol. The molecule has 0 aliphatic heterocycles. The molecule has 0 aromatic heterocycles. The lowest BCUT2D eigenvalue weighted by atomic mass is 10.1. The fourth-order valence-electron chi connectivity index (χ4n) is 1.67. The van der Waals surface area contributed by atoms with Crippen molar-refractivity contribution in [1.29, 1.82) is 0 Å². The van der Waals surface area contributed by atoms with Crippen LogP contribution in [0.2, 0.25) is 0 Å². The summed E-state index contributed by atoms with van der Waals surface area (Å²) in [5.74, 6) is -1.10. The van der Waals surface area contributed by atoms with Crippen LogP contribution in [0.25, 0.3) is 0 Å². The van der Waals surface area contributed by atoms with E-state index in [1.807, 2.05) is 0 Å². The number of urea groups is 1. The number of carbonyl (C=O) groups excluding carboxylic acids is 1. The van der Waals surface area contributed by atoms with Crippen LogP contribution in [-0.2, 0) is 0 Å². The summed E-state index contributed by atoms with van der Waals surface area (Å²) in [5, 5.41) is 4.78. The van der Waals surface area contributed by atoms with Gasteiger partial charge >= 0.3 is 6.03 Å². The fourth-order valence-corrected chi connectivity index (χ4v) is 1.84. The van der Waals surface area contributed by atoms with E-state index in [0.717, 1.165) is 12.1 Å². The molecule has 4 N–H and O–H groups in total. The van der Waals surface area contributed by atoms with E-state index in [1.165, 1.54) is 24.3 Å². The Balaban J connectivity index is 2.17. The molecule has 21 heavy (non-hydrogen) atoms. The molecule has 0 spiro atoms. The molecular weight excluding hydrogens is 296 g/mol. The van der Waals surface area contributed by atoms with Crippen LogP contribution in [0.4, 0.5) is 25.0 Å². The Hall–Kier alpha value is -2.54. The van der Waals surface area contributed by atoms with Crippen LogP contribution >= 0.6 is 12.2 Å². The van der Waals surface area contributed by atoms with Crippen molar-refractivity contribution in [3.05, 3.63) is 59.7 Å². The largest absolute Gasteiger partial charge is 0.389 e. The zero-order valence-corrected chi connectivity index (χ0v) is 11.5. The number of benzene rings is 2. The Morgan fingerprint density at radius 2 is 1.71 bits per heavy atom. The highest BCUT2D eigenvalue weighted by atomic mass is 32.1. The molecule has 2 amide bonds. The van der Waals surface area contributed by atoms with Gasteiger partial charge in [0.2, 0.25) is 0 Å². The Morgan fingerprint density at radius 3 is 2.38 bits per heavy atom. The number of rotatable bonds is 3. The number of hydrogen-bond acceptors (Lipinski definition) is 2. The third kappa shape index (κ3) is 3.73. The number of nitrogens with one attached hydrogen (secondary N) is 2. The fraction of sp³-hybridized carbons (Fsp3) is 0. The molecule has 0 fully saturated rings. The third-order valence-electron chi connectivity index (χ3n) is 2.62. The van der Waals surface area contributed by atoms with Gasteiger partial charge in [0.25, 0.3) is 0 Å². The molecule has 0 radical (unpaired) electrons. The van der Waals surface area contributed by atoms with Crippen molar-refractivity contribution >= 4 is 34.6 Å². The number of amides is 2. The number of halogens is 2. The van der Waals surface area contributed by atoms with E-state index in [-0.39, 0.29) is 21.9 Å². The van der Waals surface area contributed by atoms with Crippen molar-refractivity contribution in [2.75, 3.05) is 10.6 Å². The van der Waals surface area contributed by atoms with Crippen LogP contribution in [0.15, 0.2) is 42.5 Å². The Morgan fingerprint density at radius 1 is 1.05 bits per heavy atom. The first-order valence-electron chi connectivity index (χ1n) is 5.89. The Bertz CT molecular complexity index is 706. The number of nitrogens with two attached hydrogens (primary N) is 1. The van der Waals surface area contributed by atoms with Crippen molar-refractivity contribution in [3.8, 4) is 0 Å². The number of thiocarbonyl (C=S) groups is 1. The van der Waals surface area contributed by atoms with Crippen LogP contribution in [0, 0.1) is 11.6 Å². The zero-order valence-electron chi connectivity index (χ0n) is 10.7. The Kier molecular flexibility index (Phi) is 4.44. The third-order valence-corrected chi connectivity index (χ3v) is 2.84. The summed E-state index contributed by atoms with van der Waals surface area (Å²) in [7, 11) is 0. The lowest BCUT2D eigenvalue weighted by Crippen LogP contribution is -2.22. The molecule has 0 aliphatic carbocycles. The first-order chi connectivity index (χ1) is 9.97. The first-order valence-corrected chi connectivity index (χ1v) is 6.30. The minimum absolute atomic E-state index is 0.0222. The van der Waals surface area contributed by atoms with Gasteiger partial charge in [-0.25, -0.2) is 13.6 Å². The van der Waals surface area contributed by atoms with Gasteiger partial charge in [-0.3, -0.25) is 0 Å². The quantitative estimate of drug-likeness (QED) is 0.763. The molecule has 0 heterocycles. The van der Waals surface area contributed by atoms with Crippen molar-refractivity contribution in [2.24, 2.45) is 5.73 Å². The second-order valence-corrected chi connectivity index (χ2v) is 4.55. The smallest absolute Gasteiger partial charge is 0.323 e. The highest BCUT2D eigenvalue weighted by molar-refractivity contribution is 7.80. The molecule has 7 heteroatoms. The van der Waals surface area contributed by atoms with Crippen molar-refractivity contribution in [1.82, 2.24) is 0 Å². The van der Waals surface area contributed by atoms with E-state index in [4.69, 9.17) is 18.0 Å². The number of hydrogen-bond donors (Lipinski definition) is 3. The lowest BCUT2D eigenvalue weighted by molar-refractivity contribution is 0.262. The van der Waals surface area contributed by atoms with Gasteiger partial charge in [0.05, 0.1) is 11.4 Å². The molecule has 4 nitrogen and oxygen atoms in total. The van der Waals surface area contributed by atoms with E-state index in [9.17, 15) is 13.6 Å². The summed E-state index contributed by atoms with van der Waals surface area (Å²) >= 11 is 4.79. The molecule has 0 unspecified atom stereocenters. The molecule has 0 saturated carbocycles. The number of carbonyl (C=O) groups is 1. The molecule has 2 aromatic carbocycles. The second-order valence-electron chi connectivity index (χ2n) is 4.11. The summed E-state index contributed by atoms with van der Waals surface area (Å²) in [6, 6.07) is 8.61. The predicted octanol–water partition coefficient (Wildman–Crippen LogP) is 3.24. The first kappa shape index (κ1) is 14.9. The van der Waals surface area contributed by atoms with Crippen LogP contribution in [0.5, 0.6) is 0 Å². The maximum Gasteiger partial charge on any atom is 0.323 e. The molecule has 0 bridgehead atoms. The monoisotopic (exact) mass is 307 g/mol. The van der Waals surface area contributed by atoms with Gasteiger partial charge in [0.1, 0.15) is 16.6 Å². The molecule has 0 aliphatic rings. The van der Waals surface area contributed by atoms with Gasteiger partial charge in [0.15, 0.2) is 0 Å². The van der Waals surface area contributed by atoms with Crippen molar-refractivity contribution in [3.63, 3.8) is 0 Å². The van der Waals surface area contributed by atoms with Gasteiger partial charge in [-0.2, -0.15) is 0 Å². The van der Waals surface area contributed by atoms with Crippen LogP contribution in [0.3, 0.4) is 0 Å². The second kappa shape index (κ2) is 6.27. The van der Waals surface area contributed by atoms with Crippen molar-refractivity contribution < 1.29 is 13.6 Å². The molecule has 2 aromatic rings. The molecular formula is C14H11F2N3OS. The van der Waals surface area contributed by atoms with E-state index in [2.05, 4.69) is 10.6 Å². The van der Waals surface area contributed by atoms with Crippen molar-refractivity contribution in [2.45, 2.75) is 0 Å². The average Bonchev–Trinajstić information content (AvgIpc) is 2.43. The van der Waals surface area contributed by atoms with Gasteiger partial charge in [0, 0.05) is 5.56 Å². The predicted molar refractivity (Wildman–Crippen MR) is 81.3 cm³/mol. The van der Waals surface area contributed by atoms with Gasteiger partial charge in [-0.1, -0.05) is 24.4 Å². The van der Waals surface area contributed by atoms with Crippen LogP contribution < -0.4 is 16.4 Å². The van der Waals surface area contributed by atoms with E-state index in [0.29, 0.717) is 0 Å². The van der Waals surface area contributed by atoms with Gasteiger partial charge < -0.3 is 16.4 Å². The highest BCUT2D eigenvalue weighted by Gasteiger charge is 2.11. The highest BCUT2D eigenvalue weighted by Crippen LogP contribution is 2.18. The van der Waals surface area contributed by atoms with E-state index >= 15 is 0 Å². The number of para-hydroxylation sites is 1. The topological polar surface area (TPSA) is 67.1 Å². The van der Waals surface area contributed by atoms with Gasteiger partial charge in [-0.15, -0.1) is 0 Å². The Labute approximate surface area is 125 Å². The minimum atomic E-state index is -0.691. The SMILES string of the molecule is NC(=S)c1cc(F)ccc1NC(=O)Nc1ccccc1F. The molecule has 2 rings (SSSR count). The number of anilines is 2. The van der Waals surface area contributed by atoms with Crippen LogP contribution in [-0.4, -0.2) is 11.0 Å². The molecule has 0 atom stereocenters. The van der Waals surface area contributed by atoms with E-state index < -0.39 is 17.7 Å². The van der Waals surface area contributed by atoms with Crippen LogP contribution in [0.1, 0.15) is 5.56 Å². The summed E-state index contributed by atoms with van der Waals surface area (Å²) in [4.78, 5) is 11.8. The maximum absolute atomic E-state index is 13.4. The van der Waals surface area contributed by atoms with Gasteiger partial charge in [-0.05, 0) is 30.3 Å².